The fourth-order valence-electron chi connectivity index (χ4n) is 3.95. The topological polar surface area (TPSA) is 134 Å². The zero-order valence-electron chi connectivity index (χ0n) is 22.0. The minimum atomic E-state index is -4.30. The van der Waals surface area contributed by atoms with E-state index in [0.29, 0.717) is 29.8 Å². The Bertz CT molecular complexity index is 1080. The highest BCUT2D eigenvalue weighted by atomic mass is 31.2. The number of hydrogen-bond donors (Lipinski definition) is 2. The number of benzene rings is 2. The van der Waals surface area contributed by atoms with Gasteiger partial charge in [0.25, 0.3) is 0 Å². The molecule has 2 N–H and O–H groups in total. The predicted octanol–water partition coefficient (Wildman–Crippen LogP) is 4.35. The summed E-state index contributed by atoms with van der Waals surface area (Å²) in [5.41, 5.74) is 1.31. The maximum absolute atomic E-state index is 12.9. The van der Waals surface area contributed by atoms with Crippen molar-refractivity contribution < 1.29 is 37.6 Å². The standard InChI is InChI=1S/C26H38N2O8P2/c1-3-35-38(34,36-4-2)26-17-13-24(14-18-26)28(22-30)20-10-8-6-5-7-9-19-27(21-29)23-11-15-25(16-12-23)37(31,32)33/h11-18,21-22H,3-10,19-20H2,1-2H3,(H2,31,32,33). The molecule has 12 heteroatoms. The molecule has 0 unspecified atom stereocenters. The Hall–Kier alpha value is -2.32. The Morgan fingerprint density at radius 1 is 0.658 bits per heavy atom. The van der Waals surface area contributed by atoms with E-state index in [4.69, 9.17) is 9.05 Å². The van der Waals surface area contributed by atoms with Gasteiger partial charge in [-0.2, -0.15) is 0 Å². The first-order chi connectivity index (χ1) is 18.2. The Balaban J connectivity index is 1.71. The van der Waals surface area contributed by atoms with Gasteiger partial charge < -0.3 is 28.6 Å². The quantitative estimate of drug-likeness (QED) is 0.145. The van der Waals surface area contributed by atoms with Crippen LogP contribution in [0.15, 0.2) is 48.5 Å². The normalized spacial score (nSPS) is 11.8. The van der Waals surface area contributed by atoms with E-state index in [1.807, 2.05) is 0 Å². The monoisotopic (exact) mass is 568 g/mol. The third-order valence-corrected chi connectivity index (χ3v) is 9.01. The van der Waals surface area contributed by atoms with Gasteiger partial charge in [0.2, 0.25) is 12.8 Å². The molecule has 0 aromatic heterocycles. The van der Waals surface area contributed by atoms with Gasteiger partial charge >= 0.3 is 15.2 Å². The van der Waals surface area contributed by atoms with Gasteiger partial charge in [-0.3, -0.25) is 18.7 Å². The highest BCUT2D eigenvalue weighted by Gasteiger charge is 2.26. The fourth-order valence-corrected chi connectivity index (χ4v) is 6.05. The lowest BCUT2D eigenvalue weighted by molar-refractivity contribution is -0.108. The third-order valence-electron chi connectivity index (χ3n) is 5.92. The predicted molar refractivity (Wildman–Crippen MR) is 150 cm³/mol. The average Bonchev–Trinajstić information content (AvgIpc) is 2.90. The van der Waals surface area contributed by atoms with Gasteiger partial charge in [0.15, 0.2) is 0 Å². The molecule has 0 saturated carbocycles. The van der Waals surface area contributed by atoms with Crippen LogP contribution in [0.1, 0.15) is 52.4 Å². The molecule has 0 aliphatic carbocycles. The molecular weight excluding hydrogens is 530 g/mol. The second-order valence-corrected chi connectivity index (χ2v) is 12.3. The van der Waals surface area contributed by atoms with E-state index in [-0.39, 0.29) is 18.5 Å². The number of nitrogens with zero attached hydrogens (tertiary/aromatic N) is 2. The van der Waals surface area contributed by atoms with E-state index in [2.05, 4.69) is 0 Å². The number of rotatable bonds is 19. The second kappa shape index (κ2) is 15.9. The summed E-state index contributed by atoms with van der Waals surface area (Å²) >= 11 is 0. The van der Waals surface area contributed by atoms with Crippen molar-refractivity contribution in [1.82, 2.24) is 0 Å². The number of carbonyl (C=O) groups excluding carboxylic acids is 2. The summed E-state index contributed by atoms with van der Waals surface area (Å²) in [6, 6.07) is 12.6. The zero-order chi connectivity index (χ0) is 28.0. The summed E-state index contributed by atoms with van der Waals surface area (Å²) in [6.07, 6.45) is 7.03. The number of amides is 2. The summed E-state index contributed by atoms with van der Waals surface area (Å²) in [4.78, 5) is 44.6. The van der Waals surface area contributed by atoms with Crippen molar-refractivity contribution in [3.05, 3.63) is 48.5 Å². The Labute approximate surface area is 224 Å². The van der Waals surface area contributed by atoms with Crippen LogP contribution in [-0.2, 0) is 27.8 Å². The lowest BCUT2D eigenvalue weighted by Gasteiger charge is -2.20. The SMILES string of the molecule is CCOP(=O)(OCC)c1ccc(N(C=O)CCCCCCCCN(C=O)c2ccc(P(=O)(O)O)cc2)cc1. The first kappa shape index (κ1) is 31.9. The summed E-state index contributed by atoms with van der Waals surface area (Å²) in [5.74, 6) is 0. The minimum Gasteiger partial charge on any atom is -0.321 e. The van der Waals surface area contributed by atoms with E-state index >= 15 is 0 Å². The van der Waals surface area contributed by atoms with Gasteiger partial charge in [-0.1, -0.05) is 25.7 Å². The Morgan fingerprint density at radius 2 is 1.03 bits per heavy atom. The van der Waals surface area contributed by atoms with E-state index in [1.165, 1.54) is 29.2 Å². The molecule has 0 heterocycles. The first-order valence-corrected chi connectivity index (χ1v) is 15.9. The van der Waals surface area contributed by atoms with Gasteiger partial charge in [-0.15, -0.1) is 0 Å². The molecular formula is C26H38N2O8P2. The van der Waals surface area contributed by atoms with Crippen LogP contribution in [0.5, 0.6) is 0 Å². The average molecular weight is 569 g/mol. The van der Waals surface area contributed by atoms with Gasteiger partial charge in [0.1, 0.15) is 0 Å². The molecule has 2 aromatic carbocycles. The van der Waals surface area contributed by atoms with Crippen molar-refractivity contribution >= 4 is 50.0 Å². The zero-order valence-corrected chi connectivity index (χ0v) is 23.8. The van der Waals surface area contributed by atoms with Crippen molar-refractivity contribution in [2.45, 2.75) is 52.4 Å². The van der Waals surface area contributed by atoms with Crippen molar-refractivity contribution in [2.24, 2.45) is 0 Å². The molecule has 0 aliphatic rings. The molecule has 2 amide bonds. The molecule has 10 nitrogen and oxygen atoms in total. The number of hydrogen-bond acceptors (Lipinski definition) is 6. The van der Waals surface area contributed by atoms with Crippen LogP contribution >= 0.6 is 15.2 Å². The highest BCUT2D eigenvalue weighted by molar-refractivity contribution is 7.62. The molecule has 0 atom stereocenters. The summed E-state index contributed by atoms with van der Waals surface area (Å²) in [5, 5.41) is 0.383. The van der Waals surface area contributed by atoms with Crippen molar-refractivity contribution in [2.75, 3.05) is 36.1 Å². The van der Waals surface area contributed by atoms with E-state index in [1.54, 1.807) is 43.0 Å². The summed E-state index contributed by atoms with van der Waals surface area (Å²) in [7, 11) is -7.67. The van der Waals surface area contributed by atoms with Crippen LogP contribution in [0.4, 0.5) is 11.4 Å². The van der Waals surface area contributed by atoms with Gasteiger partial charge in [0, 0.05) is 24.5 Å². The molecule has 2 rings (SSSR count). The Kier molecular flexibility index (Phi) is 13.4. The van der Waals surface area contributed by atoms with E-state index < -0.39 is 15.2 Å². The highest BCUT2D eigenvalue weighted by Crippen LogP contribution is 2.46. The van der Waals surface area contributed by atoms with Crippen LogP contribution in [0.2, 0.25) is 0 Å². The fraction of sp³-hybridized carbons (Fsp3) is 0.462. The van der Waals surface area contributed by atoms with Crippen LogP contribution in [0.3, 0.4) is 0 Å². The van der Waals surface area contributed by atoms with Gasteiger partial charge in [0.05, 0.1) is 23.8 Å². The van der Waals surface area contributed by atoms with Crippen molar-refractivity contribution in [3.8, 4) is 0 Å². The molecule has 0 fully saturated rings. The maximum atomic E-state index is 12.9. The minimum absolute atomic E-state index is 0.0776. The molecule has 0 spiro atoms. The van der Waals surface area contributed by atoms with Crippen LogP contribution in [-0.4, -0.2) is 48.9 Å². The molecule has 38 heavy (non-hydrogen) atoms. The van der Waals surface area contributed by atoms with Gasteiger partial charge in [-0.05, 0) is 75.2 Å². The second-order valence-electron chi connectivity index (χ2n) is 8.63. The summed E-state index contributed by atoms with van der Waals surface area (Å²) < 4.78 is 34.9. The largest absolute Gasteiger partial charge is 0.361 e. The van der Waals surface area contributed by atoms with E-state index in [9.17, 15) is 28.5 Å². The number of carbonyl (C=O) groups is 2. The van der Waals surface area contributed by atoms with Crippen molar-refractivity contribution in [1.29, 1.82) is 0 Å². The lowest BCUT2D eigenvalue weighted by Crippen LogP contribution is -2.23. The molecule has 0 saturated heterocycles. The lowest BCUT2D eigenvalue weighted by atomic mass is 10.1. The smallest absolute Gasteiger partial charge is 0.321 e. The molecule has 0 radical (unpaired) electrons. The molecule has 210 valence electrons. The molecule has 0 aliphatic heterocycles. The van der Waals surface area contributed by atoms with Gasteiger partial charge in [-0.25, -0.2) is 0 Å². The van der Waals surface area contributed by atoms with Crippen molar-refractivity contribution in [3.63, 3.8) is 0 Å². The maximum Gasteiger partial charge on any atom is 0.361 e. The first-order valence-electron chi connectivity index (χ1n) is 12.8. The summed E-state index contributed by atoms with van der Waals surface area (Å²) in [6.45, 7) is 5.14. The number of anilines is 2. The molecule has 2 aromatic rings. The van der Waals surface area contributed by atoms with Crippen LogP contribution in [0, 0.1) is 0 Å². The van der Waals surface area contributed by atoms with E-state index in [0.717, 1.165) is 51.3 Å². The van der Waals surface area contributed by atoms with Crippen LogP contribution < -0.4 is 20.4 Å². The number of unbranched alkanes of at least 4 members (excludes halogenated alkanes) is 5. The van der Waals surface area contributed by atoms with Crippen LogP contribution in [0.25, 0.3) is 0 Å². The Morgan fingerprint density at radius 3 is 1.37 bits per heavy atom. The molecule has 0 bridgehead atoms. The third kappa shape index (κ3) is 9.77.